The predicted molar refractivity (Wildman–Crippen MR) is 65.5 cm³/mol. The van der Waals surface area contributed by atoms with Gasteiger partial charge < -0.3 is 14.7 Å². The van der Waals surface area contributed by atoms with Gasteiger partial charge in [0.15, 0.2) is 0 Å². The molecule has 0 spiro atoms. The lowest BCUT2D eigenvalue weighted by molar-refractivity contribution is -0.0487. The molecule has 16 heavy (non-hydrogen) atoms. The highest BCUT2D eigenvalue weighted by molar-refractivity contribution is 5.59. The van der Waals surface area contributed by atoms with Gasteiger partial charge in [0, 0.05) is 13.3 Å². The van der Waals surface area contributed by atoms with Crippen LogP contribution in [0.2, 0.25) is 0 Å². The van der Waals surface area contributed by atoms with E-state index in [0.717, 1.165) is 0 Å². The molecule has 0 aliphatic carbocycles. The zero-order chi connectivity index (χ0) is 12.6. The number of nitrogens with zero attached hydrogens (tertiary/aromatic N) is 1. The highest BCUT2D eigenvalue weighted by Gasteiger charge is 2.27. The molecule has 0 rings (SSSR count). The van der Waals surface area contributed by atoms with E-state index < -0.39 is 6.10 Å². The van der Waals surface area contributed by atoms with Gasteiger partial charge in [-0.3, -0.25) is 0 Å². The zero-order valence-electron chi connectivity index (χ0n) is 11.0. The zero-order valence-corrected chi connectivity index (χ0v) is 11.0. The van der Waals surface area contributed by atoms with Gasteiger partial charge in [0.05, 0.1) is 12.2 Å². The van der Waals surface area contributed by atoms with E-state index in [-0.39, 0.29) is 17.9 Å². The van der Waals surface area contributed by atoms with Crippen LogP contribution in [-0.4, -0.2) is 37.2 Å². The largest absolute Gasteiger partial charge is 0.396 e. The molecule has 0 bridgehead atoms. The third-order valence-corrected chi connectivity index (χ3v) is 2.92. The molecule has 0 amide bonds. The van der Waals surface area contributed by atoms with Crippen molar-refractivity contribution in [1.29, 1.82) is 0 Å². The van der Waals surface area contributed by atoms with E-state index in [1.54, 1.807) is 13.3 Å². The molecule has 96 valence electrons. The first kappa shape index (κ1) is 15.4. The summed E-state index contributed by atoms with van der Waals surface area (Å²) in [4.78, 5) is 4.92. The molecule has 1 N–H and O–H groups in total. The first-order chi connectivity index (χ1) is 7.58. The number of hydrogen-bond donors (Lipinski definition) is 1. The van der Waals surface area contributed by atoms with Gasteiger partial charge in [0.25, 0.3) is 0 Å². The summed E-state index contributed by atoms with van der Waals surface area (Å²) < 4.78 is 5.34. The van der Waals surface area contributed by atoms with E-state index in [1.807, 2.05) is 20.8 Å². The van der Waals surface area contributed by atoms with E-state index in [1.165, 1.54) is 0 Å². The van der Waals surface area contributed by atoms with Crippen LogP contribution < -0.4 is 0 Å². The molecule has 4 unspecified atom stereocenters. The molecular weight excluding hydrogens is 206 g/mol. The van der Waals surface area contributed by atoms with Gasteiger partial charge in [0.1, 0.15) is 6.61 Å². The molecule has 0 aliphatic heterocycles. The molecular formula is C12H25NO3. The van der Waals surface area contributed by atoms with Gasteiger partial charge in [-0.05, 0) is 25.2 Å². The molecule has 0 heterocycles. The lowest BCUT2D eigenvalue weighted by Crippen LogP contribution is -2.37. The summed E-state index contributed by atoms with van der Waals surface area (Å²) in [6.45, 7) is 8.51. The van der Waals surface area contributed by atoms with E-state index in [4.69, 9.17) is 9.57 Å². The second kappa shape index (κ2) is 8.53. The number of ether oxygens (including phenoxy) is 1. The highest BCUT2D eigenvalue weighted by atomic mass is 16.6. The smallest absolute Gasteiger partial charge is 0.114 e. The Morgan fingerprint density at radius 2 is 1.94 bits per heavy atom. The van der Waals surface area contributed by atoms with Crippen LogP contribution in [-0.2, 0) is 9.57 Å². The predicted octanol–water partition coefficient (Wildman–Crippen LogP) is 2.07. The van der Waals surface area contributed by atoms with Crippen LogP contribution in [0.4, 0.5) is 0 Å². The van der Waals surface area contributed by atoms with Gasteiger partial charge in [-0.25, -0.2) is 0 Å². The molecule has 0 aromatic carbocycles. The van der Waals surface area contributed by atoms with E-state index in [2.05, 4.69) is 12.1 Å². The minimum absolute atomic E-state index is 0.159. The van der Waals surface area contributed by atoms with Crippen molar-refractivity contribution in [2.24, 2.45) is 17.0 Å². The van der Waals surface area contributed by atoms with Crippen molar-refractivity contribution in [1.82, 2.24) is 0 Å². The van der Waals surface area contributed by atoms with Crippen LogP contribution in [0.3, 0.4) is 0 Å². The number of hydrogen-bond acceptors (Lipinski definition) is 4. The lowest BCUT2D eigenvalue weighted by atomic mass is 9.88. The first-order valence-corrected chi connectivity index (χ1v) is 5.94. The van der Waals surface area contributed by atoms with Crippen molar-refractivity contribution in [3.8, 4) is 0 Å². The van der Waals surface area contributed by atoms with Gasteiger partial charge in [-0.15, -0.1) is 0 Å². The van der Waals surface area contributed by atoms with Crippen LogP contribution in [0.25, 0.3) is 0 Å². The van der Waals surface area contributed by atoms with Crippen molar-refractivity contribution in [2.45, 2.75) is 46.3 Å². The number of aliphatic hydroxyl groups is 1. The number of oxime groups is 1. The maximum Gasteiger partial charge on any atom is 0.114 e. The summed E-state index contributed by atoms with van der Waals surface area (Å²) in [6, 6.07) is 0. The molecule has 0 radical (unpaired) electrons. The molecule has 0 aromatic heterocycles. The SMILES string of the molecule is CCON=CC(C)C(C)C(OC)C(O)CC. The van der Waals surface area contributed by atoms with Gasteiger partial charge in [-0.2, -0.15) is 0 Å². The number of methoxy groups -OCH3 is 1. The molecule has 0 saturated carbocycles. The summed E-state index contributed by atoms with van der Waals surface area (Å²) in [7, 11) is 1.63. The molecule has 4 heteroatoms. The Morgan fingerprint density at radius 3 is 2.38 bits per heavy atom. The molecule has 4 nitrogen and oxygen atoms in total. The first-order valence-electron chi connectivity index (χ1n) is 5.94. The second-order valence-electron chi connectivity index (χ2n) is 4.07. The van der Waals surface area contributed by atoms with Crippen LogP contribution in [0.15, 0.2) is 5.16 Å². The third kappa shape index (κ3) is 4.94. The fourth-order valence-corrected chi connectivity index (χ4v) is 1.60. The van der Waals surface area contributed by atoms with Gasteiger partial charge in [0.2, 0.25) is 0 Å². The normalized spacial score (nSPS) is 19.4. The van der Waals surface area contributed by atoms with Gasteiger partial charge in [-0.1, -0.05) is 25.9 Å². The van der Waals surface area contributed by atoms with Crippen molar-refractivity contribution in [3.05, 3.63) is 0 Å². The van der Waals surface area contributed by atoms with Crippen LogP contribution in [0.1, 0.15) is 34.1 Å². The Morgan fingerprint density at radius 1 is 1.31 bits per heavy atom. The van der Waals surface area contributed by atoms with Crippen LogP contribution >= 0.6 is 0 Å². The Hall–Kier alpha value is -0.610. The molecule has 0 fully saturated rings. The van der Waals surface area contributed by atoms with Crippen molar-refractivity contribution >= 4 is 6.21 Å². The molecule has 0 aromatic rings. The van der Waals surface area contributed by atoms with E-state index in [0.29, 0.717) is 13.0 Å². The Kier molecular flexibility index (Phi) is 8.21. The van der Waals surface area contributed by atoms with Crippen molar-refractivity contribution in [3.63, 3.8) is 0 Å². The summed E-state index contributed by atoms with van der Waals surface area (Å²) in [5, 5.41) is 13.7. The lowest BCUT2D eigenvalue weighted by Gasteiger charge is -2.29. The fourth-order valence-electron chi connectivity index (χ4n) is 1.60. The maximum absolute atomic E-state index is 9.81. The third-order valence-electron chi connectivity index (χ3n) is 2.92. The van der Waals surface area contributed by atoms with E-state index in [9.17, 15) is 5.11 Å². The van der Waals surface area contributed by atoms with Crippen molar-refractivity contribution < 1.29 is 14.7 Å². The summed E-state index contributed by atoms with van der Waals surface area (Å²) >= 11 is 0. The average Bonchev–Trinajstić information content (AvgIpc) is 2.29. The Balaban J connectivity index is 4.31. The summed E-state index contributed by atoms with van der Waals surface area (Å²) in [5.74, 6) is 0.404. The summed E-state index contributed by atoms with van der Waals surface area (Å²) in [5.41, 5.74) is 0. The highest BCUT2D eigenvalue weighted by Crippen LogP contribution is 2.20. The molecule has 0 aliphatic rings. The maximum atomic E-state index is 9.81. The Labute approximate surface area is 98.6 Å². The standard InChI is InChI=1S/C12H25NO3/c1-6-11(14)12(15-5)10(4)9(3)8-13-16-7-2/h8-12,14H,6-7H2,1-5H3. The number of rotatable bonds is 8. The minimum atomic E-state index is -0.428. The van der Waals surface area contributed by atoms with Crippen molar-refractivity contribution in [2.75, 3.05) is 13.7 Å². The monoisotopic (exact) mass is 231 g/mol. The van der Waals surface area contributed by atoms with Crippen LogP contribution in [0, 0.1) is 11.8 Å². The quantitative estimate of drug-likeness (QED) is 0.514. The van der Waals surface area contributed by atoms with E-state index >= 15 is 0 Å². The number of aliphatic hydroxyl groups excluding tert-OH is 1. The topological polar surface area (TPSA) is 51.0 Å². The minimum Gasteiger partial charge on any atom is -0.396 e. The van der Waals surface area contributed by atoms with Gasteiger partial charge >= 0.3 is 0 Å². The second-order valence-corrected chi connectivity index (χ2v) is 4.07. The van der Waals surface area contributed by atoms with Crippen LogP contribution in [0.5, 0.6) is 0 Å². The summed E-state index contributed by atoms with van der Waals surface area (Å²) in [6.07, 6.45) is 1.87. The molecule has 0 saturated heterocycles. The average molecular weight is 231 g/mol. The molecule has 4 atom stereocenters. The Bertz CT molecular complexity index is 197. The fraction of sp³-hybridized carbons (Fsp3) is 0.917.